The first-order valence-electron chi connectivity index (χ1n) is 10.7. The summed E-state index contributed by atoms with van der Waals surface area (Å²) in [6.07, 6.45) is 6.39. The van der Waals surface area contributed by atoms with Gasteiger partial charge in [0.1, 0.15) is 12.4 Å². The average molecular weight is 440 g/mol. The summed E-state index contributed by atoms with van der Waals surface area (Å²) in [4.78, 5) is 35.0. The zero-order chi connectivity index (χ0) is 23.2. The average Bonchev–Trinajstić information content (AvgIpc) is 2.83. The maximum Gasteiger partial charge on any atom is 0.260 e. The van der Waals surface area contributed by atoms with Gasteiger partial charge in [-0.1, -0.05) is 48.5 Å². The van der Waals surface area contributed by atoms with E-state index in [1.54, 1.807) is 18.5 Å². The summed E-state index contributed by atoms with van der Waals surface area (Å²) >= 11 is 0. The predicted octanol–water partition coefficient (Wildman–Crippen LogP) is 4.43. The van der Waals surface area contributed by atoms with Crippen LogP contribution in [0.1, 0.15) is 15.9 Å². The Morgan fingerprint density at radius 1 is 1.06 bits per heavy atom. The van der Waals surface area contributed by atoms with Gasteiger partial charge in [0.25, 0.3) is 5.56 Å². The van der Waals surface area contributed by atoms with Crippen LogP contribution in [0.2, 0.25) is 0 Å². The zero-order valence-electron chi connectivity index (χ0n) is 18.6. The van der Waals surface area contributed by atoms with Crippen LogP contribution in [0.25, 0.3) is 28.1 Å². The largest absolute Gasteiger partial charge is 0.492 e. The zero-order valence-corrected chi connectivity index (χ0v) is 18.6. The minimum atomic E-state index is -0.436. The summed E-state index contributed by atoms with van der Waals surface area (Å²) in [5.41, 5.74) is 2.51. The summed E-state index contributed by atoms with van der Waals surface area (Å²) in [6, 6.07) is 18.8. The molecule has 6 nitrogen and oxygen atoms in total. The number of likely N-dealkylation sites (N-methyl/N-ethyl adjacent to an activating group) is 1. The van der Waals surface area contributed by atoms with Gasteiger partial charge in [-0.3, -0.25) is 14.6 Å². The molecular formula is C27H25N3O3. The molecule has 0 atom stereocenters. The Morgan fingerprint density at radius 3 is 2.55 bits per heavy atom. The van der Waals surface area contributed by atoms with Gasteiger partial charge in [-0.2, -0.15) is 0 Å². The number of rotatable bonds is 8. The number of nitrogens with one attached hydrogen (secondary N) is 1. The fraction of sp³-hybridized carbons (Fsp3) is 0.148. The topological polar surface area (TPSA) is 75.3 Å². The second-order valence-electron chi connectivity index (χ2n) is 7.91. The van der Waals surface area contributed by atoms with Gasteiger partial charge >= 0.3 is 0 Å². The van der Waals surface area contributed by atoms with E-state index in [0.29, 0.717) is 17.7 Å². The van der Waals surface area contributed by atoms with Gasteiger partial charge in [-0.15, -0.1) is 0 Å². The number of aromatic amines is 1. The molecule has 0 fully saturated rings. The lowest BCUT2D eigenvalue weighted by atomic mass is 9.94. The Bertz CT molecular complexity index is 1340. The second kappa shape index (κ2) is 10.1. The quantitative estimate of drug-likeness (QED) is 0.325. The number of nitrogens with zero attached hydrogens (tertiary/aromatic N) is 2. The van der Waals surface area contributed by atoms with Crippen LogP contribution in [0.5, 0.6) is 5.75 Å². The third-order valence-corrected chi connectivity index (χ3v) is 5.24. The van der Waals surface area contributed by atoms with Crippen LogP contribution >= 0.6 is 0 Å². The number of benzene rings is 2. The van der Waals surface area contributed by atoms with Crippen LogP contribution in [-0.2, 0) is 0 Å². The van der Waals surface area contributed by atoms with Crippen molar-refractivity contribution < 1.29 is 9.53 Å². The first-order chi connectivity index (χ1) is 16.0. The molecule has 0 amide bonds. The van der Waals surface area contributed by atoms with Crippen LogP contribution in [-0.4, -0.2) is 47.9 Å². The summed E-state index contributed by atoms with van der Waals surface area (Å²) in [5.74, 6) is 0.409. The van der Waals surface area contributed by atoms with Crippen molar-refractivity contribution in [2.75, 3.05) is 27.2 Å². The molecule has 0 saturated carbocycles. The number of H-pyrrole nitrogens is 1. The van der Waals surface area contributed by atoms with E-state index in [-0.39, 0.29) is 11.3 Å². The molecule has 166 valence electrons. The molecule has 2 heterocycles. The van der Waals surface area contributed by atoms with Gasteiger partial charge in [0, 0.05) is 23.7 Å². The molecule has 0 unspecified atom stereocenters. The Balaban J connectivity index is 1.64. The van der Waals surface area contributed by atoms with Crippen molar-refractivity contribution in [1.29, 1.82) is 0 Å². The summed E-state index contributed by atoms with van der Waals surface area (Å²) in [7, 11) is 3.99. The number of ketones is 1. The van der Waals surface area contributed by atoms with E-state index >= 15 is 0 Å². The van der Waals surface area contributed by atoms with Crippen molar-refractivity contribution >= 4 is 22.8 Å². The first-order valence-corrected chi connectivity index (χ1v) is 10.7. The molecule has 33 heavy (non-hydrogen) atoms. The van der Waals surface area contributed by atoms with Crippen molar-refractivity contribution in [2.45, 2.75) is 0 Å². The van der Waals surface area contributed by atoms with Crippen molar-refractivity contribution in [2.24, 2.45) is 0 Å². The lowest BCUT2D eigenvalue weighted by Crippen LogP contribution is -2.19. The SMILES string of the molecule is CN(C)CCOc1ccc(/C=C/C(=O)c2c(-c3ccccc3)c3ccncc3[nH]c2=O)cc1. The van der Waals surface area contributed by atoms with Crippen molar-refractivity contribution in [3.05, 3.63) is 101 Å². The predicted molar refractivity (Wildman–Crippen MR) is 132 cm³/mol. The monoisotopic (exact) mass is 439 g/mol. The molecule has 1 N–H and O–H groups in total. The van der Waals surface area contributed by atoms with Crippen LogP contribution in [0, 0.1) is 0 Å². The highest BCUT2D eigenvalue weighted by molar-refractivity contribution is 6.14. The molecule has 4 rings (SSSR count). The lowest BCUT2D eigenvalue weighted by Gasteiger charge is -2.11. The molecule has 2 aromatic heterocycles. The van der Waals surface area contributed by atoms with Gasteiger partial charge in [0.05, 0.1) is 17.3 Å². The number of carbonyl (C=O) groups excluding carboxylic acids is 1. The van der Waals surface area contributed by atoms with Gasteiger partial charge < -0.3 is 14.6 Å². The molecule has 0 saturated heterocycles. The molecule has 0 radical (unpaired) electrons. The smallest absolute Gasteiger partial charge is 0.260 e. The van der Waals surface area contributed by atoms with E-state index in [0.717, 1.165) is 28.8 Å². The van der Waals surface area contributed by atoms with E-state index in [2.05, 4.69) is 14.9 Å². The van der Waals surface area contributed by atoms with Gasteiger partial charge in [-0.05, 0) is 49.5 Å². The normalized spacial score (nSPS) is 11.4. The van der Waals surface area contributed by atoms with Crippen LogP contribution in [0.15, 0.2) is 83.9 Å². The molecule has 2 aromatic carbocycles. The maximum atomic E-state index is 13.2. The molecule has 0 aliphatic heterocycles. The Hall–Kier alpha value is -4.03. The molecule has 6 heteroatoms. The molecule has 4 aromatic rings. The fourth-order valence-electron chi connectivity index (χ4n) is 3.56. The Morgan fingerprint density at radius 2 is 1.82 bits per heavy atom. The highest BCUT2D eigenvalue weighted by atomic mass is 16.5. The number of carbonyl (C=O) groups is 1. The van der Waals surface area contributed by atoms with Crippen molar-refractivity contribution in [1.82, 2.24) is 14.9 Å². The number of hydrogen-bond acceptors (Lipinski definition) is 5. The number of aromatic nitrogens is 2. The molecule has 0 spiro atoms. The lowest BCUT2D eigenvalue weighted by molar-refractivity contribution is 0.104. The summed E-state index contributed by atoms with van der Waals surface area (Å²) in [5, 5.41) is 0.770. The first kappa shape index (κ1) is 22.2. The van der Waals surface area contributed by atoms with E-state index in [1.165, 1.54) is 6.08 Å². The number of fused-ring (bicyclic) bond motifs is 1. The van der Waals surface area contributed by atoms with E-state index in [4.69, 9.17) is 4.74 Å². The van der Waals surface area contributed by atoms with Crippen molar-refractivity contribution in [3.8, 4) is 16.9 Å². The van der Waals surface area contributed by atoms with Gasteiger partial charge in [0.2, 0.25) is 0 Å². The van der Waals surface area contributed by atoms with Crippen molar-refractivity contribution in [3.63, 3.8) is 0 Å². The van der Waals surface area contributed by atoms with E-state index in [9.17, 15) is 9.59 Å². The van der Waals surface area contributed by atoms with Gasteiger partial charge in [0.15, 0.2) is 5.78 Å². The number of ether oxygens (including phenoxy) is 1. The Kier molecular flexibility index (Phi) is 6.76. The minimum Gasteiger partial charge on any atom is -0.492 e. The molecule has 0 bridgehead atoms. The second-order valence-corrected chi connectivity index (χ2v) is 7.91. The van der Waals surface area contributed by atoms with Crippen LogP contribution in [0.4, 0.5) is 0 Å². The maximum absolute atomic E-state index is 13.2. The van der Waals surface area contributed by atoms with Crippen LogP contribution < -0.4 is 10.3 Å². The van der Waals surface area contributed by atoms with Crippen LogP contribution in [0.3, 0.4) is 0 Å². The number of hydrogen-bond donors (Lipinski definition) is 1. The fourth-order valence-corrected chi connectivity index (χ4v) is 3.56. The minimum absolute atomic E-state index is 0.111. The molecule has 0 aliphatic carbocycles. The van der Waals surface area contributed by atoms with E-state index < -0.39 is 5.56 Å². The number of pyridine rings is 2. The molecule has 0 aliphatic rings. The number of allylic oxidation sites excluding steroid dienone is 1. The highest BCUT2D eigenvalue weighted by Crippen LogP contribution is 2.29. The third kappa shape index (κ3) is 5.25. The Labute approximate surface area is 192 Å². The summed E-state index contributed by atoms with van der Waals surface area (Å²) in [6.45, 7) is 1.43. The highest BCUT2D eigenvalue weighted by Gasteiger charge is 2.19. The molecular weight excluding hydrogens is 414 g/mol. The van der Waals surface area contributed by atoms with Gasteiger partial charge in [-0.25, -0.2) is 0 Å². The standard InChI is InChI=1S/C27H25N3O3/c1-30(2)16-17-33-21-11-8-19(9-12-21)10-13-24(31)26-25(20-6-4-3-5-7-20)22-14-15-28-18-23(22)29-27(26)32/h3-15,18H,16-17H2,1-2H3,(H,29,32)/b13-10+. The van der Waals surface area contributed by atoms with E-state index in [1.807, 2.05) is 74.8 Å². The third-order valence-electron chi connectivity index (χ3n) is 5.24. The summed E-state index contributed by atoms with van der Waals surface area (Å²) < 4.78 is 5.70.